The van der Waals surface area contributed by atoms with Gasteiger partial charge in [-0.3, -0.25) is 9.69 Å². The predicted octanol–water partition coefficient (Wildman–Crippen LogP) is 0.653. The largest absolute Gasteiger partial charge is 0.495 e. The lowest BCUT2D eigenvalue weighted by Crippen LogP contribution is -2.50. The molecule has 1 atom stereocenters. The van der Waals surface area contributed by atoms with E-state index in [9.17, 15) is 13.2 Å². The zero-order chi connectivity index (χ0) is 21.8. The highest BCUT2D eigenvalue weighted by molar-refractivity contribution is 7.89. The van der Waals surface area contributed by atoms with Gasteiger partial charge in [-0.1, -0.05) is 0 Å². The minimum absolute atomic E-state index is 0.0276. The number of hydrogen-bond donors (Lipinski definition) is 0. The lowest BCUT2D eigenvalue weighted by atomic mass is 10.1. The number of sulfonamides is 1. The zero-order valence-corrected chi connectivity index (χ0v) is 18.8. The van der Waals surface area contributed by atoms with Gasteiger partial charge in [0, 0.05) is 58.0 Å². The molecule has 0 radical (unpaired) electrons. The van der Waals surface area contributed by atoms with Crippen LogP contribution in [0.5, 0.6) is 5.75 Å². The van der Waals surface area contributed by atoms with Crippen molar-refractivity contribution in [1.29, 1.82) is 0 Å². The topological polar surface area (TPSA) is 88.6 Å². The van der Waals surface area contributed by atoms with E-state index in [0.29, 0.717) is 38.0 Å². The fourth-order valence-corrected chi connectivity index (χ4v) is 5.92. The molecule has 10 heteroatoms. The number of amides is 1. The van der Waals surface area contributed by atoms with Gasteiger partial charge in [0.1, 0.15) is 10.6 Å². The molecule has 3 aliphatic rings. The Morgan fingerprint density at radius 2 is 1.84 bits per heavy atom. The van der Waals surface area contributed by atoms with Crippen LogP contribution in [0, 0.1) is 0 Å². The normalized spacial score (nSPS) is 23.8. The molecule has 3 aliphatic heterocycles. The summed E-state index contributed by atoms with van der Waals surface area (Å²) in [5.74, 6) is 0.0854. The molecule has 0 spiro atoms. The van der Waals surface area contributed by atoms with Crippen molar-refractivity contribution >= 4 is 15.9 Å². The Labute approximate surface area is 183 Å². The van der Waals surface area contributed by atoms with Gasteiger partial charge in [0.05, 0.1) is 26.4 Å². The summed E-state index contributed by atoms with van der Waals surface area (Å²) < 4.78 is 44.0. The molecule has 0 saturated carbocycles. The molecule has 1 aromatic rings. The molecule has 9 nitrogen and oxygen atoms in total. The molecule has 1 unspecified atom stereocenters. The Balaban J connectivity index is 1.45. The van der Waals surface area contributed by atoms with Crippen LogP contribution < -0.4 is 4.74 Å². The highest BCUT2D eigenvalue weighted by Gasteiger charge is 2.31. The Kier molecular flexibility index (Phi) is 7.12. The van der Waals surface area contributed by atoms with Crippen molar-refractivity contribution in [3.63, 3.8) is 0 Å². The van der Waals surface area contributed by atoms with Gasteiger partial charge in [-0.05, 0) is 31.0 Å². The molecule has 0 aromatic heterocycles. The fraction of sp³-hybridized carbons (Fsp3) is 0.667. The molecular weight excluding hydrogens is 422 g/mol. The Bertz CT molecular complexity index is 873. The van der Waals surface area contributed by atoms with Crippen LogP contribution >= 0.6 is 0 Å². The van der Waals surface area contributed by atoms with E-state index in [1.165, 1.54) is 17.5 Å². The number of hydrogen-bond acceptors (Lipinski definition) is 7. The molecule has 0 aliphatic carbocycles. The summed E-state index contributed by atoms with van der Waals surface area (Å²) in [7, 11) is -2.35. The Hall–Kier alpha value is -1.72. The summed E-state index contributed by atoms with van der Waals surface area (Å²) in [5.41, 5.74) is 0.361. The van der Waals surface area contributed by atoms with Crippen LogP contribution in [0.15, 0.2) is 23.1 Å². The van der Waals surface area contributed by atoms with Crippen LogP contribution in [0.2, 0.25) is 0 Å². The molecule has 1 aromatic carbocycles. The monoisotopic (exact) mass is 453 g/mol. The number of piperazine rings is 1. The maximum Gasteiger partial charge on any atom is 0.253 e. The predicted molar refractivity (Wildman–Crippen MR) is 114 cm³/mol. The minimum atomic E-state index is -3.78. The number of rotatable bonds is 6. The third-order valence-electron chi connectivity index (χ3n) is 6.14. The van der Waals surface area contributed by atoms with E-state index in [0.717, 1.165) is 39.1 Å². The second-order valence-electron chi connectivity index (χ2n) is 8.11. The summed E-state index contributed by atoms with van der Waals surface area (Å²) in [6.07, 6.45) is 2.53. The molecular formula is C21H31N3O6S. The molecule has 3 fully saturated rings. The van der Waals surface area contributed by atoms with Crippen LogP contribution in [0.4, 0.5) is 0 Å². The van der Waals surface area contributed by atoms with Crippen molar-refractivity contribution in [3.05, 3.63) is 23.8 Å². The Morgan fingerprint density at radius 1 is 1.10 bits per heavy atom. The number of carbonyl (C=O) groups is 1. The summed E-state index contributed by atoms with van der Waals surface area (Å²) in [4.78, 5) is 17.3. The molecule has 0 N–H and O–H groups in total. The van der Waals surface area contributed by atoms with E-state index in [-0.39, 0.29) is 29.6 Å². The van der Waals surface area contributed by atoms with Gasteiger partial charge in [0.25, 0.3) is 5.91 Å². The molecule has 3 heterocycles. The molecule has 172 valence electrons. The summed E-state index contributed by atoms with van der Waals surface area (Å²) in [5, 5.41) is 0. The second-order valence-corrected chi connectivity index (χ2v) is 10.0. The zero-order valence-electron chi connectivity index (χ0n) is 18.0. The van der Waals surface area contributed by atoms with Crippen LogP contribution in [-0.4, -0.2) is 107 Å². The third-order valence-corrected chi connectivity index (χ3v) is 8.06. The maximum absolute atomic E-state index is 13.2. The smallest absolute Gasteiger partial charge is 0.253 e. The number of ether oxygens (including phenoxy) is 3. The quantitative estimate of drug-likeness (QED) is 0.625. The standard InChI is InChI=1S/C21H31N3O6S/c1-28-19-5-4-17(15-20(19)31(26,27)24-10-13-29-14-11-24)21(25)23-8-6-22(7-9-23)16-18-3-2-12-30-18/h4-5,15,18H,2-3,6-14,16H2,1H3. The first-order valence-electron chi connectivity index (χ1n) is 10.9. The van der Waals surface area contributed by atoms with E-state index in [1.807, 2.05) is 0 Å². The summed E-state index contributed by atoms with van der Waals surface area (Å²) in [6.45, 7) is 5.86. The first-order chi connectivity index (χ1) is 15.0. The number of nitrogens with zero attached hydrogens (tertiary/aromatic N) is 3. The van der Waals surface area contributed by atoms with Crippen molar-refractivity contribution in [2.45, 2.75) is 23.8 Å². The fourth-order valence-electron chi connectivity index (χ4n) is 4.33. The van der Waals surface area contributed by atoms with E-state index in [4.69, 9.17) is 14.2 Å². The van der Waals surface area contributed by atoms with E-state index in [1.54, 1.807) is 17.0 Å². The number of morpholine rings is 1. The Morgan fingerprint density at radius 3 is 2.48 bits per heavy atom. The van der Waals surface area contributed by atoms with Gasteiger partial charge >= 0.3 is 0 Å². The van der Waals surface area contributed by atoms with Gasteiger partial charge in [-0.2, -0.15) is 4.31 Å². The number of benzene rings is 1. The second kappa shape index (κ2) is 9.83. The molecule has 4 rings (SSSR count). The summed E-state index contributed by atoms with van der Waals surface area (Å²) >= 11 is 0. The average molecular weight is 454 g/mol. The van der Waals surface area contributed by atoms with Gasteiger partial charge in [0.15, 0.2) is 0 Å². The van der Waals surface area contributed by atoms with Crippen LogP contribution in [0.3, 0.4) is 0 Å². The van der Waals surface area contributed by atoms with Crippen LogP contribution in [0.1, 0.15) is 23.2 Å². The van der Waals surface area contributed by atoms with Crippen molar-refractivity contribution in [1.82, 2.24) is 14.1 Å². The SMILES string of the molecule is COc1ccc(C(=O)N2CCN(CC3CCCO3)CC2)cc1S(=O)(=O)N1CCOCC1. The van der Waals surface area contributed by atoms with Crippen LogP contribution in [0.25, 0.3) is 0 Å². The molecule has 31 heavy (non-hydrogen) atoms. The first kappa shape index (κ1) is 22.5. The highest BCUT2D eigenvalue weighted by atomic mass is 32.2. The molecule has 1 amide bonds. The van der Waals surface area contributed by atoms with Gasteiger partial charge in [-0.15, -0.1) is 0 Å². The number of methoxy groups -OCH3 is 1. The lowest BCUT2D eigenvalue weighted by Gasteiger charge is -2.35. The van der Waals surface area contributed by atoms with Gasteiger partial charge in [-0.25, -0.2) is 8.42 Å². The third kappa shape index (κ3) is 5.04. The lowest BCUT2D eigenvalue weighted by molar-refractivity contribution is 0.0432. The highest BCUT2D eigenvalue weighted by Crippen LogP contribution is 2.29. The van der Waals surface area contributed by atoms with E-state index in [2.05, 4.69) is 4.90 Å². The van der Waals surface area contributed by atoms with Crippen molar-refractivity contribution in [3.8, 4) is 5.75 Å². The van der Waals surface area contributed by atoms with Gasteiger partial charge in [0.2, 0.25) is 10.0 Å². The van der Waals surface area contributed by atoms with Gasteiger partial charge < -0.3 is 19.1 Å². The molecule has 0 bridgehead atoms. The first-order valence-corrected chi connectivity index (χ1v) is 12.3. The minimum Gasteiger partial charge on any atom is -0.495 e. The van der Waals surface area contributed by atoms with E-state index < -0.39 is 10.0 Å². The average Bonchev–Trinajstić information content (AvgIpc) is 3.32. The van der Waals surface area contributed by atoms with Crippen molar-refractivity contribution in [2.24, 2.45) is 0 Å². The van der Waals surface area contributed by atoms with Crippen molar-refractivity contribution < 1.29 is 27.4 Å². The molecule has 3 saturated heterocycles. The van der Waals surface area contributed by atoms with E-state index >= 15 is 0 Å². The summed E-state index contributed by atoms with van der Waals surface area (Å²) in [6, 6.07) is 4.65. The maximum atomic E-state index is 13.2. The van der Waals surface area contributed by atoms with Crippen LogP contribution in [-0.2, 0) is 19.5 Å². The number of carbonyl (C=O) groups excluding carboxylic acids is 1. The van der Waals surface area contributed by atoms with Crippen molar-refractivity contribution in [2.75, 3.05) is 72.7 Å².